The summed E-state index contributed by atoms with van der Waals surface area (Å²) >= 11 is 3.41. The second-order valence-corrected chi connectivity index (χ2v) is 5.84. The fraction of sp³-hybridized carbons (Fsp3) is 0.118. The molecule has 0 aliphatic carbocycles. The van der Waals surface area contributed by atoms with E-state index in [2.05, 4.69) is 21.0 Å². The average Bonchev–Trinajstić information content (AvgIpc) is 2.61. The van der Waals surface area contributed by atoms with Crippen LogP contribution in [0.4, 0.5) is 0 Å². The predicted molar refractivity (Wildman–Crippen MR) is 88.5 cm³/mol. The van der Waals surface area contributed by atoms with E-state index in [9.17, 15) is 9.90 Å². The molecule has 0 saturated carbocycles. The Morgan fingerprint density at radius 2 is 2.00 bits per heavy atom. The molecule has 2 aromatic heterocycles. The largest absolute Gasteiger partial charge is 0.616 e. The van der Waals surface area contributed by atoms with Crippen molar-refractivity contribution in [2.45, 2.75) is 0 Å². The fourth-order valence-electron chi connectivity index (χ4n) is 2.52. The number of esters is 1. The summed E-state index contributed by atoms with van der Waals surface area (Å²) in [5.41, 5.74) is 1.46. The van der Waals surface area contributed by atoms with Gasteiger partial charge in [0, 0.05) is 27.1 Å². The minimum absolute atomic E-state index is 0.172. The number of hydrogen-bond donors (Lipinski definition) is 0. The van der Waals surface area contributed by atoms with E-state index in [-0.39, 0.29) is 5.57 Å². The molecule has 0 bridgehead atoms. The number of halogens is 1. The highest BCUT2D eigenvalue weighted by atomic mass is 79.9. The van der Waals surface area contributed by atoms with Crippen LogP contribution in [-0.4, -0.2) is 25.3 Å². The van der Waals surface area contributed by atoms with Crippen LogP contribution in [0.25, 0.3) is 22.0 Å². The van der Waals surface area contributed by atoms with Crippen molar-refractivity contribution in [2.24, 2.45) is 0 Å². The second-order valence-electron chi connectivity index (χ2n) is 4.93. The van der Waals surface area contributed by atoms with Gasteiger partial charge in [-0.25, -0.2) is 4.79 Å². The number of pyridine rings is 1. The standard InChI is InChI=1S/C17H13BrN2O4/c1-23-16(21)15(17(22)24-2)14-11-9-10(18)6-7-12(11)19-20-8-4-3-5-13(14)20/h3-9H,1-2H3. The SMILES string of the molecule is COC(=O)/C(=C(/[O-])OC)c1c2cc(Br)ccc2n[n+]2ccccc12. The van der Waals surface area contributed by atoms with Crippen molar-refractivity contribution < 1.29 is 23.9 Å². The number of ether oxygens (including phenoxy) is 2. The molecule has 6 nitrogen and oxygen atoms in total. The number of methoxy groups -OCH3 is 2. The van der Waals surface area contributed by atoms with Crippen LogP contribution < -0.4 is 9.62 Å². The van der Waals surface area contributed by atoms with Crippen molar-refractivity contribution in [1.29, 1.82) is 0 Å². The lowest BCUT2D eigenvalue weighted by Gasteiger charge is -2.16. The van der Waals surface area contributed by atoms with Crippen LogP contribution in [0.1, 0.15) is 5.56 Å². The summed E-state index contributed by atoms with van der Waals surface area (Å²) in [6.07, 6.45) is 1.74. The van der Waals surface area contributed by atoms with Crippen molar-refractivity contribution in [3.63, 3.8) is 0 Å². The van der Waals surface area contributed by atoms with E-state index >= 15 is 0 Å². The Balaban J connectivity index is 2.54. The number of hydrogen-bond acceptors (Lipinski definition) is 5. The summed E-state index contributed by atoms with van der Waals surface area (Å²) in [5, 5.41) is 17.4. The normalized spacial score (nSPS) is 12.1. The molecule has 1 aromatic carbocycles. The van der Waals surface area contributed by atoms with Crippen LogP contribution in [0.2, 0.25) is 0 Å². The van der Waals surface area contributed by atoms with E-state index in [4.69, 9.17) is 9.47 Å². The molecule has 0 radical (unpaired) electrons. The molecule has 0 amide bonds. The first-order chi connectivity index (χ1) is 11.6. The molecule has 24 heavy (non-hydrogen) atoms. The van der Waals surface area contributed by atoms with Crippen LogP contribution in [0, 0.1) is 0 Å². The van der Waals surface area contributed by atoms with E-state index in [0.717, 1.165) is 4.47 Å². The van der Waals surface area contributed by atoms with Gasteiger partial charge in [-0.05, 0) is 31.4 Å². The Labute approximate surface area is 146 Å². The summed E-state index contributed by atoms with van der Waals surface area (Å²) in [6.45, 7) is 0. The van der Waals surface area contributed by atoms with Crippen LogP contribution in [0.5, 0.6) is 0 Å². The Morgan fingerprint density at radius 3 is 2.71 bits per heavy atom. The highest BCUT2D eigenvalue weighted by Crippen LogP contribution is 2.30. The Kier molecular flexibility index (Phi) is 4.35. The number of carbonyl (C=O) groups excluding carboxylic acids is 1. The van der Waals surface area contributed by atoms with Gasteiger partial charge in [-0.1, -0.05) is 20.4 Å². The maximum Gasteiger partial charge on any atom is 0.340 e. The van der Waals surface area contributed by atoms with Gasteiger partial charge in [0.05, 0.1) is 24.2 Å². The van der Waals surface area contributed by atoms with E-state index in [0.29, 0.717) is 22.0 Å². The Bertz CT molecular complexity index is 985. The summed E-state index contributed by atoms with van der Waals surface area (Å²) in [6, 6.07) is 10.8. The fourth-order valence-corrected chi connectivity index (χ4v) is 2.88. The lowest BCUT2D eigenvalue weighted by Crippen LogP contribution is -2.29. The molecule has 3 aromatic rings. The smallest absolute Gasteiger partial charge is 0.340 e. The molecule has 0 aliphatic rings. The van der Waals surface area contributed by atoms with Gasteiger partial charge in [0.1, 0.15) is 5.52 Å². The van der Waals surface area contributed by atoms with Crippen LogP contribution >= 0.6 is 15.9 Å². The first-order valence-electron chi connectivity index (χ1n) is 7.00. The first-order valence-corrected chi connectivity index (χ1v) is 7.80. The molecule has 0 fully saturated rings. The summed E-state index contributed by atoms with van der Waals surface area (Å²) in [5.74, 6) is -1.53. The third kappa shape index (κ3) is 2.67. The van der Waals surface area contributed by atoms with Gasteiger partial charge in [0.2, 0.25) is 11.7 Å². The number of nitrogens with zero attached hydrogens (tertiary/aromatic N) is 2. The number of fused-ring (bicyclic) bond motifs is 2. The number of aromatic nitrogens is 2. The molecule has 7 heteroatoms. The van der Waals surface area contributed by atoms with Gasteiger partial charge >= 0.3 is 5.97 Å². The first kappa shape index (κ1) is 16.2. The highest BCUT2D eigenvalue weighted by Gasteiger charge is 2.25. The molecule has 0 saturated heterocycles. The van der Waals surface area contributed by atoms with Crippen LogP contribution in [0.3, 0.4) is 0 Å². The van der Waals surface area contributed by atoms with E-state index in [1.54, 1.807) is 35.0 Å². The van der Waals surface area contributed by atoms with Gasteiger partial charge in [-0.2, -0.15) is 0 Å². The number of benzene rings is 1. The molecule has 0 N–H and O–H groups in total. The summed E-state index contributed by atoms with van der Waals surface area (Å²) < 4.78 is 12.0. The Hall–Kier alpha value is -2.67. The quantitative estimate of drug-likeness (QED) is 0.224. The van der Waals surface area contributed by atoms with Crippen molar-refractivity contribution in [1.82, 2.24) is 5.10 Å². The van der Waals surface area contributed by atoms with Gasteiger partial charge in [0.15, 0.2) is 0 Å². The highest BCUT2D eigenvalue weighted by molar-refractivity contribution is 9.10. The monoisotopic (exact) mass is 388 g/mol. The molecule has 2 heterocycles. The van der Waals surface area contributed by atoms with Crippen LogP contribution in [0.15, 0.2) is 53.0 Å². The molecule has 122 valence electrons. The van der Waals surface area contributed by atoms with Crippen molar-refractivity contribution in [3.8, 4) is 0 Å². The molecule has 0 spiro atoms. The van der Waals surface area contributed by atoms with Gasteiger partial charge in [-0.3, -0.25) is 0 Å². The average molecular weight is 389 g/mol. The number of carbonyl (C=O) groups is 1. The zero-order chi connectivity index (χ0) is 17.3. The molecular formula is C17H13BrN2O4. The minimum atomic E-state index is -0.764. The third-order valence-corrected chi connectivity index (χ3v) is 4.06. The van der Waals surface area contributed by atoms with Crippen molar-refractivity contribution in [3.05, 3.63) is 58.6 Å². The topological polar surface area (TPSA) is 75.6 Å². The lowest BCUT2D eigenvalue weighted by atomic mass is 10.0. The predicted octanol–water partition coefficient (Wildman–Crippen LogP) is 1.58. The Morgan fingerprint density at radius 1 is 1.21 bits per heavy atom. The van der Waals surface area contributed by atoms with Gasteiger partial charge in [0.25, 0.3) is 0 Å². The third-order valence-electron chi connectivity index (χ3n) is 3.57. The zero-order valence-corrected chi connectivity index (χ0v) is 14.5. The molecular weight excluding hydrogens is 376 g/mol. The van der Waals surface area contributed by atoms with Gasteiger partial charge < -0.3 is 14.6 Å². The lowest BCUT2D eigenvalue weighted by molar-refractivity contribution is -0.578. The maximum absolute atomic E-state index is 12.3. The van der Waals surface area contributed by atoms with Crippen molar-refractivity contribution in [2.75, 3.05) is 14.2 Å². The summed E-state index contributed by atoms with van der Waals surface area (Å²) in [4.78, 5) is 12.3. The summed E-state index contributed by atoms with van der Waals surface area (Å²) in [7, 11) is 2.44. The minimum Gasteiger partial charge on any atom is -0.616 e. The molecule has 0 aliphatic heterocycles. The zero-order valence-electron chi connectivity index (χ0n) is 12.9. The molecule has 3 rings (SSSR count). The second kappa shape index (κ2) is 6.45. The van der Waals surface area contributed by atoms with Gasteiger partial charge in [-0.15, -0.1) is 0 Å². The number of rotatable bonds is 3. The van der Waals surface area contributed by atoms with E-state index in [1.807, 2.05) is 12.1 Å². The van der Waals surface area contributed by atoms with E-state index in [1.165, 1.54) is 14.2 Å². The maximum atomic E-state index is 12.3. The van der Waals surface area contributed by atoms with E-state index < -0.39 is 11.9 Å². The molecule has 0 atom stereocenters. The van der Waals surface area contributed by atoms with Crippen molar-refractivity contribution >= 4 is 43.9 Å². The van der Waals surface area contributed by atoms with Crippen LogP contribution in [-0.2, 0) is 14.3 Å². The molecule has 0 unspecified atom stereocenters.